The highest BCUT2D eigenvalue weighted by molar-refractivity contribution is 6.30. The van der Waals surface area contributed by atoms with Gasteiger partial charge in [0, 0.05) is 16.3 Å². The van der Waals surface area contributed by atoms with Crippen LogP contribution < -0.4 is 10.9 Å². The van der Waals surface area contributed by atoms with Gasteiger partial charge in [-0.25, -0.2) is 9.97 Å². The van der Waals surface area contributed by atoms with Crippen LogP contribution in [0.15, 0.2) is 57.9 Å². The first-order valence-corrected chi connectivity index (χ1v) is 7.96. The number of aryl methyl sites for hydroxylation is 1. The third kappa shape index (κ3) is 3.12. The molecule has 124 valence electrons. The van der Waals surface area contributed by atoms with Gasteiger partial charge in [-0.1, -0.05) is 11.6 Å². The van der Waals surface area contributed by atoms with Gasteiger partial charge in [-0.2, -0.15) is 0 Å². The molecule has 0 radical (unpaired) electrons. The number of rotatable bonds is 3. The van der Waals surface area contributed by atoms with Crippen LogP contribution in [0.1, 0.15) is 5.82 Å². The van der Waals surface area contributed by atoms with E-state index in [4.69, 9.17) is 16.0 Å². The summed E-state index contributed by atoms with van der Waals surface area (Å²) < 4.78 is 5.71. The Bertz CT molecular complexity index is 1120. The maximum absolute atomic E-state index is 12.0. The first-order valence-electron chi connectivity index (χ1n) is 7.58. The van der Waals surface area contributed by atoms with E-state index in [9.17, 15) is 4.79 Å². The van der Waals surface area contributed by atoms with E-state index in [1.54, 1.807) is 37.4 Å². The second kappa shape index (κ2) is 6.07. The highest BCUT2D eigenvalue weighted by atomic mass is 35.5. The summed E-state index contributed by atoms with van der Waals surface area (Å²) in [4.78, 5) is 23.3. The third-order valence-corrected chi connectivity index (χ3v) is 3.96. The summed E-state index contributed by atoms with van der Waals surface area (Å²) >= 11 is 5.89. The van der Waals surface area contributed by atoms with Crippen molar-refractivity contribution in [1.29, 1.82) is 0 Å². The molecule has 0 aliphatic heterocycles. The van der Waals surface area contributed by atoms with E-state index in [0.717, 1.165) is 5.56 Å². The molecule has 0 amide bonds. The number of nitrogens with one attached hydrogen (secondary N) is 2. The van der Waals surface area contributed by atoms with Gasteiger partial charge in [-0.15, -0.1) is 0 Å². The van der Waals surface area contributed by atoms with E-state index in [1.165, 1.54) is 0 Å². The summed E-state index contributed by atoms with van der Waals surface area (Å²) in [5.74, 6) is 1.20. The summed E-state index contributed by atoms with van der Waals surface area (Å²) in [6, 6.07) is 12.9. The van der Waals surface area contributed by atoms with Crippen molar-refractivity contribution in [1.82, 2.24) is 15.0 Å². The molecule has 0 saturated heterocycles. The molecule has 0 spiro atoms. The fourth-order valence-corrected chi connectivity index (χ4v) is 2.66. The number of H-pyrrole nitrogens is 1. The fraction of sp³-hybridized carbons (Fsp3) is 0.0556. The van der Waals surface area contributed by atoms with Crippen molar-refractivity contribution >= 4 is 34.2 Å². The molecule has 7 heteroatoms. The Kier molecular flexibility index (Phi) is 3.74. The second-order valence-electron chi connectivity index (χ2n) is 5.54. The van der Waals surface area contributed by atoms with Crippen LogP contribution in [0.3, 0.4) is 0 Å². The van der Waals surface area contributed by atoms with Crippen molar-refractivity contribution in [2.75, 3.05) is 5.32 Å². The van der Waals surface area contributed by atoms with Crippen LogP contribution in [0.5, 0.6) is 0 Å². The highest BCUT2D eigenvalue weighted by Gasteiger charge is 2.08. The lowest BCUT2D eigenvalue weighted by molar-refractivity contribution is 0.592. The number of fused-ring (bicyclic) bond motifs is 1. The Balaban J connectivity index is 1.63. The number of aromatic amines is 1. The number of nitrogens with zero attached hydrogens (tertiary/aromatic N) is 2. The zero-order chi connectivity index (χ0) is 17.4. The van der Waals surface area contributed by atoms with E-state index >= 15 is 0 Å². The molecule has 2 N–H and O–H groups in total. The average molecular weight is 353 g/mol. The minimum atomic E-state index is -0.180. The highest BCUT2D eigenvalue weighted by Crippen LogP contribution is 2.26. The molecule has 0 fully saturated rings. The number of oxazole rings is 1. The van der Waals surface area contributed by atoms with Gasteiger partial charge in [0.05, 0.1) is 17.1 Å². The minimum Gasteiger partial charge on any atom is -0.423 e. The van der Waals surface area contributed by atoms with Crippen molar-refractivity contribution in [3.05, 3.63) is 69.9 Å². The quantitative estimate of drug-likeness (QED) is 0.574. The summed E-state index contributed by atoms with van der Waals surface area (Å²) in [6.07, 6.45) is 1.63. The Morgan fingerprint density at radius 2 is 1.96 bits per heavy atom. The van der Waals surface area contributed by atoms with Crippen LogP contribution in [0.4, 0.5) is 11.7 Å². The second-order valence-corrected chi connectivity index (χ2v) is 5.98. The molecular formula is C18H13ClN4O2. The van der Waals surface area contributed by atoms with Crippen LogP contribution in [0, 0.1) is 6.92 Å². The Morgan fingerprint density at radius 1 is 1.16 bits per heavy atom. The van der Waals surface area contributed by atoms with Crippen LogP contribution in [0.2, 0.25) is 5.02 Å². The van der Waals surface area contributed by atoms with Gasteiger partial charge in [-0.05, 0) is 49.4 Å². The molecule has 0 bridgehead atoms. The number of aromatic nitrogens is 3. The molecular weight excluding hydrogens is 340 g/mol. The summed E-state index contributed by atoms with van der Waals surface area (Å²) in [6.45, 7) is 1.75. The van der Waals surface area contributed by atoms with Crippen LogP contribution in [0.25, 0.3) is 22.2 Å². The minimum absolute atomic E-state index is 0.180. The zero-order valence-corrected chi connectivity index (χ0v) is 14.0. The number of halogens is 1. The molecule has 0 aliphatic carbocycles. The van der Waals surface area contributed by atoms with E-state index < -0.39 is 0 Å². The van der Waals surface area contributed by atoms with Crippen molar-refractivity contribution in [2.24, 2.45) is 0 Å². The van der Waals surface area contributed by atoms with Gasteiger partial charge in [0.2, 0.25) is 0 Å². The number of benzene rings is 2. The van der Waals surface area contributed by atoms with Crippen molar-refractivity contribution in [2.45, 2.75) is 6.92 Å². The smallest absolute Gasteiger partial charge is 0.299 e. The van der Waals surface area contributed by atoms with Gasteiger partial charge in [0.15, 0.2) is 5.76 Å². The SMILES string of the molecule is Cc1nc2ccc(Nc3ncc(-c4ccc(Cl)cc4)o3)cc2c(=O)[nH]1. The van der Waals surface area contributed by atoms with Gasteiger partial charge >= 0.3 is 0 Å². The van der Waals surface area contributed by atoms with Crippen LogP contribution in [-0.2, 0) is 0 Å². The lowest BCUT2D eigenvalue weighted by atomic mass is 10.2. The van der Waals surface area contributed by atoms with Gasteiger partial charge in [0.25, 0.3) is 11.6 Å². The maximum atomic E-state index is 12.0. The topological polar surface area (TPSA) is 83.8 Å². The van der Waals surface area contributed by atoms with Gasteiger partial charge in [-0.3, -0.25) is 4.79 Å². The number of hydrogen-bond acceptors (Lipinski definition) is 5. The predicted molar refractivity (Wildman–Crippen MR) is 97.3 cm³/mol. The third-order valence-electron chi connectivity index (χ3n) is 3.71. The molecule has 2 heterocycles. The van der Waals surface area contributed by atoms with E-state index in [2.05, 4.69) is 20.3 Å². The largest absolute Gasteiger partial charge is 0.423 e. The summed E-state index contributed by atoms with van der Waals surface area (Å²) in [5, 5.41) is 4.21. The maximum Gasteiger partial charge on any atom is 0.299 e. The lowest BCUT2D eigenvalue weighted by Gasteiger charge is -2.04. The molecule has 25 heavy (non-hydrogen) atoms. The normalized spacial score (nSPS) is 11.0. The van der Waals surface area contributed by atoms with E-state index in [0.29, 0.717) is 39.2 Å². The van der Waals surface area contributed by atoms with Crippen LogP contribution >= 0.6 is 11.6 Å². The molecule has 4 rings (SSSR count). The molecule has 2 aromatic carbocycles. The molecule has 6 nitrogen and oxygen atoms in total. The Hall–Kier alpha value is -3.12. The standard InChI is InChI=1S/C18H13ClN4O2/c1-10-21-15-7-6-13(8-14(15)17(24)22-10)23-18-20-9-16(25-18)11-2-4-12(19)5-3-11/h2-9H,1H3,(H,20,23)(H,21,22,24). The van der Waals surface area contributed by atoms with E-state index in [1.807, 2.05) is 18.2 Å². The summed E-state index contributed by atoms with van der Waals surface area (Å²) in [5.41, 5.74) is 2.02. The predicted octanol–water partition coefficient (Wildman–Crippen LogP) is 4.28. The average Bonchev–Trinajstić information content (AvgIpc) is 3.04. The molecule has 0 saturated carbocycles. The molecule has 4 aromatic rings. The molecule has 2 aromatic heterocycles. The number of hydrogen-bond donors (Lipinski definition) is 2. The Morgan fingerprint density at radius 3 is 2.76 bits per heavy atom. The fourth-order valence-electron chi connectivity index (χ4n) is 2.54. The van der Waals surface area contributed by atoms with E-state index in [-0.39, 0.29) is 5.56 Å². The molecule has 0 unspecified atom stereocenters. The van der Waals surface area contributed by atoms with Crippen molar-refractivity contribution in [3.8, 4) is 11.3 Å². The number of anilines is 2. The van der Waals surface area contributed by atoms with Crippen LogP contribution in [-0.4, -0.2) is 15.0 Å². The molecule has 0 aliphatic rings. The van der Waals surface area contributed by atoms with Crippen molar-refractivity contribution in [3.63, 3.8) is 0 Å². The van der Waals surface area contributed by atoms with Crippen molar-refractivity contribution < 1.29 is 4.42 Å². The molecule has 0 atom stereocenters. The Labute approximate surface area is 147 Å². The zero-order valence-electron chi connectivity index (χ0n) is 13.2. The monoisotopic (exact) mass is 352 g/mol. The summed E-state index contributed by atoms with van der Waals surface area (Å²) in [7, 11) is 0. The van der Waals surface area contributed by atoms with Gasteiger partial charge < -0.3 is 14.7 Å². The first kappa shape index (κ1) is 15.4. The lowest BCUT2D eigenvalue weighted by Crippen LogP contribution is -2.09. The van der Waals surface area contributed by atoms with Gasteiger partial charge in [0.1, 0.15) is 5.82 Å². The first-order chi connectivity index (χ1) is 12.1.